The molecule has 10 heteroatoms. The molecule has 1 saturated carbocycles. The molecule has 36 heavy (non-hydrogen) atoms. The molecule has 214 valence electrons. The van der Waals surface area contributed by atoms with Crippen LogP contribution in [0.4, 0.5) is 0 Å². The van der Waals surface area contributed by atoms with E-state index in [0.29, 0.717) is 6.42 Å². The third-order valence-corrected chi connectivity index (χ3v) is 7.09. The van der Waals surface area contributed by atoms with Crippen LogP contribution in [0, 0.1) is 0 Å². The maximum Gasteiger partial charge on any atom is 0.217 e. The molecule has 0 spiro atoms. The monoisotopic (exact) mass is 521 g/mol. The fourth-order valence-electron chi connectivity index (χ4n) is 4.73. The van der Waals surface area contributed by atoms with E-state index in [1.807, 2.05) is 0 Å². The van der Waals surface area contributed by atoms with Crippen LogP contribution >= 0.6 is 0 Å². The lowest BCUT2D eigenvalue weighted by Crippen LogP contribution is -2.65. The van der Waals surface area contributed by atoms with Gasteiger partial charge in [0.2, 0.25) is 5.91 Å². The van der Waals surface area contributed by atoms with Gasteiger partial charge in [0.15, 0.2) is 0 Å². The van der Waals surface area contributed by atoms with E-state index in [4.69, 9.17) is 4.74 Å². The van der Waals surface area contributed by atoms with Crippen LogP contribution in [0.2, 0.25) is 0 Å². The average molecular weight is 522 g/mol. The second-order valence-electron chi connectivity index (χ2n) is 10.3. The first kappa shape index (κ1) is 33.2. The standard InChI is InChI=1S/C26H51NO9/c1-3-4-5-6-7-8-9-10-11-12-13-14-15-19(29)20(30)18(27-17(2)28)16-36-26-24(34)22(32)21(31)23(33)25(26)35/h18-26,29-35H,3-16H2,1-2H3,(H,27,28)/t18-,19+,20-,21?,22?,23?,24?,25?,26?/m0/s1. The van der Waals surface area contributed by atoms with Crippen LogP contribution in [0.5, 0.6) is 0 Å². The van der Waals surface area contributed by atoms with Crippen molar-refractivity contribution in [2.24, 2.45) is 0 Å². The highest BCUT2D eigenvalue weighted by Gasteiger charge is 2.49. The summed E-state index contributed by atoms with van der Waals surface area (Å²) in [6.07, 6.45) is 1.95. The average Bonchev–Trinajstić information content (AvgIpc) is 2.85. The Morgan fingerprint density at radius 1 is 0.722 bits per heavy atom. The maximum atomic E-state index is 11.6. The fourth-order valence-corrected chi connectivity index (χ4v) is 4.73. The van der Waals surface area contributed by atoms with Crippen molar-refractivity contribution in [1.29, 1.82) is 0 Å². The molecule has 0 aromatic carbocycles. The van der Waals surface area contributed by atoms with Crippen LogP contribution in [0.3, 0.4) is 0 Å². The van der Waals surface area contributed by atoms with E-state index in [1.54, 1.807) is 0 Å². The Kier molecular flexibility index (Phi) is 17.0. The van der Waals surface area contributed by atoms with Gasteiger partial charge in [-0.1, -0.05) is 84.0 Å². The summed E-state index contributed by atoms with van der Waals surface area (Å²) in [5.41, 5.74) is 0. The Morgan fingerprint density at radius 2 is 1.14 bits per heavy atom. The molecule has 7 atom stereocenters. The summed E-state index contributed by atoms with van der Waals surface area (Å²) in [5.74, 6) is -0.472. The molecule has 1 fully saturated rings. The summed E-state index contributed by atoms with van der Waals surface area (Å²) < 4.78 is 5.43. The van der Waals surface area contributed by atoms with Crippen molar-refractivity contribution >= 4 is 5.91 Å². The number of carbonyl (C=O) groups excluding carboxylic acids is 1. The van der Waals surface area contributed by atoms with Gasteiger partial charge >= 0.3 is 0 Å². The highest BCUT2D eigenvalue weighted by atomic mass is 16.5. The molecule has 0 aromatic rings. The molecule has 1 aliphatic carbocycles. The normalized spacial score (nSPS) is 29.0. The van der Waals surface area contributed by atoms with E-state index in [9.17, 15) is 40.5 Å². The van der Waals surface area contributed by atoms with Gasteiger partial charge in [-0.15, -0.1) is 0 Å². The van der Waals surface area contributed by atoms with E-state index in [0.717, 1.165) is 25.7 Å². The van der Waals surface area contributed by atoms with E-state index in [1.165, 1.54) is 58.3 Å². The molecule has 0 heterocycles. The molecule has 8 N–H and O–H groups in total. The SMILES string of the molecule is CCCCCCCCCCCCCC[C@@H](O)[C@@H](O)[C@H](COC1C(O)C(O)C(O)C(O)C1O)NC(C)=O. The summed E-state index contributed by atoms with van der Waals surface area (Å²) in [7, 11) is 0. The maximum absolute atomic E-state index is 11.6. The lowest BCUT2D eigenvalue weighted by atomic mass is 9.85. The predicted octanol–water partition coefficient (Wildman–Crippen LogP) is 0.507. The van der Waals surface area contributed by atoms with Crippen molar-refractivity contribution in [3.8, 4) is 0 Å². The second kappa shape index (κ2) is 18.4. The van der Waals surface area contributed by atoms with Gasteiger partial charge in [-0.2, -0.15) is 0 Å². The number of aliphatic hydroxyl groups excluding tert-OH is 7. The van der Waals surface area contributed by atoms with Crippen LogP contribution in [0.25, 0.3) is 0 Å². The first-order valence-electron chi connectivity index (χ1n) is 13.8. The Morgan fingerprint density at radius 3 is 1.58 bits per heavy atom. The molecule has 0 aromatic heterocycles. The highest BCUT2D eigenvalue weighted by molar-refractivity contribution is 5.73. The van der Waals surface area contributed by atoms with Crippen LogP contribution in [-0.4, -0.2) is 103 Å². The molecular formula is C26H51NO9. The van der Waals surface area contributed by atoms with Crippen molar-refractivity contribution in [2.75, 3.05) is 6.61 Å². The third kappa shape index (κ3) is 11.7. The Balaban J connectivity index is 2.36. The summed E-state index contributed by atoms with van der Waals surface area (Å²) in [4.78, 5) is 11.6. The van der Waals surface area contributed by atoms with Crippen LogP contribution in [-0.2, 0) is 9.53 Å². The fraction of sp³-hybridized carbons (Fsp3) is 0.962. The smallest absolute Gasteiger partial charge is 0.217 e. The summed E-state index contributed by atoms with van der Waals surface area (Å²) in [6.45, 7) is 3.06. The minimum atomic E-state index is -1.75. The number of carbonyl (C=O) groups is 1. The molecule has 0 aliphatic heterocycles. The highest BCUT2D eigenvalue weighted by Crippen LogP contribution is 2.24. The number of hydrogen-bond acceptors (Lipinski definition) is 9. The molecule has 10 nitrogen and oxygen atoms in total. The molecule has 1 aliphatic rings. The summed E-state index contributed by atoms with van der Waals surface area (Å²) in [6, 6.07) is -1.05. The zero-order chi connectivity index (χ0) is 27.1. The molecule has 4 unspecified atom stereocenters. The van der Waals surface area contributed by atoms with E-state index >= 15 is 0 Å². The van der Waals surface area contributed by atoms with E-state index in [-0.39, 0.29) is 0 Å². The van der Waals surface area contributed by atoms with Gasteiger partial charge in [0.1, 0.15) is 42.7 Å². The van der Waals surface area contributed by atoms with Crippen LogP contribution < -0.4 is 5.32 Å². The minimum Gasteiger partial charge on any atom is -0.390 e. The molecule has 1 rings (SSSR count). The molecule has 0 saturated heterocycles. The predicted molar refractivity (Wildman–Crippen MR) is 135 cm³/mol. The van der Waals surface area contributed by atoms with Gasteiger partial charge in [-0.25, -0.2) is 0 Å². The number of hydrogen-bond donors (Lipinski definition) is 8. The summed E-state index contributed by atoms with van der Waals surface area (Å²) >= 11 is 0. The third-order valence-electron chi connectivity index (χ3n) is 7.09. The van der Waals surface area contributed by atoms with Crippen LogP contribution in [0.1, 0.15) is 97.3 Å². The Labute approximate surface area is 215 Å². The minimum absolute atomic E-state index is 0.340. The van der Waals surface area contributed by atoms with Crippen molar-refractivity contribution in [2.45, 2.75) is 152 Å². The Bertz CT molecular complexity index is 566. The number of rotatable bonds is 19. The lowest BCUT2D eigenvalue weighted by Gasteiger charge is -2.42. The van der Waals surface area contributed by atoms with Gasteiger partial charge in [0.25, 0.3) is 0 Å². The first-order valence-corrected chi connectivity index (χ1v) is 13.8. The van der Waals surface area contributed by atoms with Gasteiger partial charge in [0.05, 0.1) is 18.8 Å². The zero-order valence-corrected chi connectivity index (χ0v) is 22.0. The zero-order valence-electron chi connectivity index (χ0n) is 22.0. The van der Waals surface area contributed by atoms with E-state index < -0.39 is 67.4 Å². The molecule has 1 amide bonds. The molecule has 0 bridgehead atoms. The van der Waals surface area contributed by atoms with Crippen molar-refractivity contribution in [3.63, 3.8) is 0 Å². The van der Waals surface area contributed by atoms with Gasteiger partial charge in [-0.05, 0) is 6.42 Å². The van der Waals surface area contributed by atoms with Crippen molar-refractivity contribution in [1.82, 2.24) is 5.32 Å². The number of amides is 1. The van der Waals surface area contributed by atoms with Crippen molar-refractivity contribution < 1.29 is 45.3 Å². The number of unbranched alkanes of at least 4 members (excludes halogenated alkanes) is 11. The number of aliphatic hydroxyl groups is 7. The second-order valence-corrected chi connectivity index (χ2v) is 10.3. The number of ether oxygens (including phenoxy) is 1. The van der Waals surface area contributed by atoms with E-state index in [2.05, 4.69) is 12.2 Å². The first-order chi connectivity index (χ1) is 17.1. The lowest BCUT2D eigenvalue weighted by molar-refractivity contribution is -0.237. The Hall–Kier alpha value is -0.850. The quantitative estimate of drug-likeness (QED) is 0.112. The summed E-state index contributed by atoms with van der Waals surface area (Å²) in [5, 5.41) is 73.1. The molecule has 0 radical (unpaired) electrons. The largest absolute Gasteiger partial charge is 0.390 e. The molecular weight excluding hydrogens is 470 g/mol. The van der Waals surface area contributed by atoms with Gasteiger partial charge in [-0.3, -0.25) is 4.79 Å². The van der Waals surface area contributed by atoms with Gasteiger partial charge in [0, 0.05) is 6.92 Å². The topological polar surface area (TPSA) is 180 Å². The van der Waals surface area contributed by atoms with Gasteiger partial charge < -0.3 is 45.8 Å². The number of nitrogens with one attached hydrogen (secondary N) is 1. The van der Waals surface area contributed by atoms with Crippen molar-refractivity contribution in [3.05, 3.63) is 0 Å². The van der Waals surface area contributed by atoms with Crippen LogP contribution in [0.15, 0.2) is 0 Å².